The summed E-state index contributed by atoms with van der Waals surface area (Å²) in [6.45, 7) is 2.71. The monoisotopic (exact) mass is 275 g/mol. The summed E-state index contributed by atoms with van der Waals surface area (Å²) in [6.07, 6.45) is 0. The second-order valence-corrected chi connectivity index (χ2v) is 4.27. The summed E-state index contributed by atoms with van der Waals surface area (Å²) < 4.78 is 5.17. The highest BCUT2D eigenvalue weighted by atomic mass is 16.5. The van der Waals surface area contributed by atoms with E-state index >= 15 is 0 Å². The maximum absolute atomic E-state index is 12.3. The van der Waals surface area contributed by atoms with Crippen molar-refractivity contribution in [2.45, 2.75) is 6.92 Å². The Labute approximate surface area is 117 Å². The molecule has 1 aromatic carbocycles. The number of nitrogens with one attached hydrogen (secondary N) is 2. The molecular formula is C14H17N3O3. The van der Waals surface area contributed by atoms with Crippen LogP contribution >= 0.6 is 0 Å². The minimum atomic E-state index is -0.428. The number of para-hydroxylation sites is 2. The number of aliphatic imine (C=N–C) groups is 1. The lowest BCUT2D eigenvalue weighted by Gasteiger charge is -2.12. The van der Waals surface area contributed by atoms with Gasteiger partial charge >= 0.3 is 0 Å². The van der Waals surface area contributed by atoms with E-state index in [1.807, 2.05) is 6.07 Å². The van der Waals surface area contributed by atoms with E-state index in [1.165, 1.54) is 14.0 Å². The second kappa shape index (κ2) is 6.10. The van der Waals surface area contributed by atoms with Gasteiger partial charge in [0.05, 0.1) is 19.3 Å². The van der Waals surface area contributed by atoms with E-state index in [1.54, 1.807) is 18.2 Å². The highest BCUT2D eigenvalue weighted by Gasteiger charge is 2.22. The van der Waals surface area contributed by atoms with Crippen LogP contribution in [0.4, 0.5) is 5.69 Å². The zero-order valence-electron chi connectivity index (χ0n) is 11.4. The largest absolute Gasteiger partial charge is 0.512 e. The number of carbonyl (C=O) groups is 1. The number of benzene rings is 1. The van der Waals surface area contributed by atoms with Crippen LogP contribution in [0.5, 0.6) is 5.75 Å². The second-order valence-electron chi connectivity index (χ2n) is 4.27. The van der Waals surface area contributed by atoms with E-state index in [0.29, 0.717) is 30.4 Å². The molecule has 3 N–H and O–H groups in total. The number of hydrogen-bond donors (Lipinski definition) is 3. The van der Waals surface area contributed by atoms with Crippen LogP contribution in [0.3, 0.4) is 0 Å². The van der Waals surface area contributed by atoms with Gasteiger partial charge in [0.1, 0.15) is 22.9 Å². The maximum atomic E-state index is 12.3. The summed E-state index contributed by atoms with van der Waals surface area (Å²) in [5.41, 5.74) is 0.686. The standard InChI is InChI=1S/C14H17N3O3/c1-9(18)12(13-15-7-8-16-13)14(19)17-10-5-3-4-6-11(10)20-2/h3-6,18H,7-8H2,1-2H3,(H,15,16)(H,17,19)/b12-9-. The Kier molecular flexibility index (Phi) is 4.24. The molecule has 2 rings (SSSR count). The first kappa shape index (κ1) is 13.9. The molecule has 1 aliphatic heterocycles. The van der Waals surface area contributed by atoms with Crippen LogP contribution in [0.15, 0.2) is 40.6 Å². The average molecular weight is 275 g/mol. The van der Waals surface area contributed by atoms with Crippen molar-refractivity contribution in [3.63, 3.8) is 0 Å². The molecule has 0 fully saturated rings. The van der Waals surface area contributed by atoms with Gasteiger partial charge in [-0.3, -0.25) is 9.79 Å². The number of aliphatic hydroxyl groups is 1. The third kappa shape index (κ3) is 2.90. The number of rotatable bonds is 4. The fraction of sp³-hybridized carbons (Fsp3) is 0.286. The summed E-state index contributed by atoms with van der Waals surface area (Å²) in [7, 11) is 1.53. The summed E-state index contributed by atoms with van der Waals surface area (Å²) in [5, 5.41) is 15.4. The molecule has 0 saturated carbocycles. The van der Waals surface area contributed by atoms with Crippen molar-refractivity contribution in [2.75, 3.05) is 25.5 Å². The molecule has 0 aliphatic carbocycles. The van der Waals surface area contributed by atoms with Crippen molar-refractivity contribution in [1.29, 1.82) is 0 Å². The molecule has 1 aromatic rings. The number of aliphatic hydroxyl groups excluding tert-OH is 1. The van der Waals surface area contributed by atoms with Crippen molar-refractivity contribution >= 4 is 17.4 Å². The topological polar surface area (TPSA) is 83.0 Å². The fourth-order valence-electron chi connectivity index (χ4n) is 1.94. The molecule has 0 atom stereocenters. The highest BCUT2D eigenvalue weighted by molar-refractivity contribution is 6.25. The minimum absolute atomic E-state index is 0.0782. The predicted octanol–water partition coefficient (Wildman–Crippen LogP) is 1.47. The lowest BCUT2D eigenvalue weighted by Crippen LogP contribution is -2.29. The average Bonchev–Trinajstić information content (AvgIpc) is 2.92. The predicted molar refractivity (Wildman–Crippen MR) is 77.3 cm³/mol. The van der Waals surface area contributed by atoms with Gasteiger partial charge in [-0.2, -0.15) is 0 Å². The molecule has 0 radical (unpaired) electrons. The number of methoxy groups -OCH3 is 1. The SMILES string of the molecule is COc1ccccc1NC(=O)/C(C1=NCCN1)=C(/C)O. The molecule has 6 heteroatoms. The molecule has 0 spiro atoms. The normalized spacial score (nSPS) is 15.0. The van der Waals surface area contributed by atoms with E-state index in [-0.39, 0.29) is 11.3 Å². The molecule has 0 aromatic heterocycles. The molecule has 0 unspecified atom stereocenters. The van der Waals surface area contributed by atoms with E-state index in [2.05, 4.69) is 15.6 Å². The van der Waals surface area contributed by atoms with Gasteiger partial charge in [-0.25, -0.2) is 0 Å². The lowest BCUT2D eigenvalue weighted by atomic mass is 10.2. The van der Waals surface area contributed by atoms with E-state index in [4.69, 9.17) is 4.74 Å². The molecule has 6 nitrogen and oxygen atoms in total. The van der Waals surface area contributed by atoms with Crippen LogP contribution in [0.25, 0.3) is 0 Å². The zero-order valence-corrected chi connectivity index (χ0v) is 11.4. The molecular weight excluding hydrogens is 258 g/mol. The van der Waals surface area contributed by atoms with Gasteiger partial charge in [-0.15, -0.1) is 0 Å². The van der Waals surface area contributed by atoms with Crippen LogP contribution in [0.2, 0.25) is 0 Å². The molecule has 0 saturated heterocycles. The van der Waals surface area contributed by atoms with Gasteiger partial charge in [-0.05, 0) is 19.1 Å². The van der Waals surface area contributed by atoms with E-state index < -0.39 is 5.91 Å². The Bertz CT molecular complexity index is 575. The van der Waals surface area contributed by atoms with Gasteiger partial charge in [-0.1, -0.05) is 12.1 Å². The summed E-state index contributed by atoms with van der Waals surface area (Å²) in [6, 6.07) is 7.07. The van der Waals surface area contributed by atoms with Gasteiger partial charge in [0.25, 0.3) is 5.91 Å². The first-order valence-corrected chi connectivity index (χ1v) is 6.26. The number of carbonyl (C=O) groups excluding carboxylic acids is 1. The lowest BCUT2D eigenvalue weighted by molar-refractivity contribution is -0.112. The number of ether oxygens (including phenoxy) is 1. The Morgan fingerprint density at radius 2 is 2.20 bits per heavy atom. The fourth-order valence-corrected chi connectivity index (χ4v) is 1.94. The third-order valence-corrected chi connectivity index (χ3v) is 2.86. The Hall–Kier alpha value is -2.50. The van der Waals surface area contributed by atoms with Crippen LogP contribution in [0, 0.1) is 0 Å². The smallest absolute Gasteiger partial charge is 0.262 e. The molecule has 0 bridgehead atoms. The number of allylic oxidation sites excluding steroid dienone is 1. The van der Waals surface area contributed by atoms with E-state index in [9.17, 15) is 9.90 Å². The summed E-state index contributed by atoms with van der Waals surface area (Å²) in [4.78, 5) is 16.5. The molecule has 106 valence electrons. The zero-order chi connectivity index (χ0) is 14.5. The van der Waals surface area contributed by atoms with Crippen molar-refractivity contribution in [2.24, 2.45) is 4.99 Å². The van der Waals surface area contributed by atoms with Crippen LogP contribution < -0.4 is 15.4 Å². The van der Waals surface area contributed by atoms with Crippen molar-refractivity contribution in [3.8, 4) is 5.75 Å². The van der Waals surface area contributed by atoms with Crippen molar-refractivity contribution in [1.82, 2.24) is 5.32 Å². The summed E-state index contributed by atoms with van der Waals surface area (Å²) >= 11 is 0. The first-order chi connectivity index (χ1) is 9.63. The molecule has 20 heavy (non-hydrogen) atoms. The maximum Gasteiger partial charge on any atom is 0.262 e. The molecule has 1 aliphatic rings. The number of anilines is 1. The first-order valence-electron chi connectivity index (χ1n) is 6.26. The van der Waals surface area contributed by atoms with Crippen LogP contribution in [0.1, 0.15) is 6.92 Å². The van der Waals surface area contributed by atoms with Gasteiger partial charge in [0, 0.05) is 6.54 Å². The Morgan fingerprint density at radius 3 is 2.80 bits per heavy atom. The van der Waals surface area contributed by atoms with E-state index in [0.717, 1.165) is 0 Å². The van der Waals surface area contributed by atoms with Gasteiger partial charge in [0.15, 0.2) is 0 Å². The third-order valence-electron chi connectivity index (χ3n) is 2.86. The number of nitrogens with zero attached hydrogens (tertiary/aromatic N) is 1. The number of amides is 1. The Balaban J connectivity index is 2.24. The minimum Gasteiger partial charge on any atom is -0.512 e. The molecule has 1 heterocycles. The van der Waals surface area contributed by atoms with Crippen LogP contribution in [-0.2, 0) is 4.79 Å². The number of hydrogen-bond acceptors (Lipinski definition) is 5. The number of amidine groups is 1. The summed E-state index contributed by atoms with van der Waals surface area (Å²) in [5.74, 6) is 0.461. The molecule has 1 amide bonds. The van der Waals surface area contributed by atoms with Crippen LogP contribution in [-0.4, -0.2) is 37.0 Å². The Morgan fingerprint density at radius 1 is 1.45 bits per heavy atom. The van der Waals surface area contributed by atoms with Crippen molar-refractivity contribution < 1.29 is 14.6 Å². The highest BCUT2D eigenvalue weighted by Crippen LogP contribution is 2.24. The van der Waals surface area contributed by atoms with Gasteiger partial charge in [0.2, 0.25) is 0 Å². The van der Waals surface area contributed by atoms with Crippen molar-refractivity contribution in [3.05, 3.63) is 35.6 Å². The van der Waals surface area contributed by atoms with Gasteiger partial charge < -0.3 is 20.5 Å². The quantitative estimate of drug-likeness (QED) is 0.574.